The number of rotatable bonds is 3. The Bertz CT molecular complexity index is 1400. The van der Waals surface area contributed by atoms with Gasteiger partial charge in [0.1, 0.15) is 17.8 Å². The van der Waals surface area contributed by atoms with Crippen LogP contribution in [-0.2, 0) is 16.8 Å². The highest BCUT2D eigenvalue weighted by molar-refractivity contribution is 6.11. The molecule has 4 heterocycles. The monoisotopic (exact) mass is 482 g/mol. The van der Waals surface area contributed by atoms with Crippen LogP contribution in [0.1, 0.15) is 46.3 Å². The lowest BCUT2D eigenvalue weighted by Crippen LogP contribution is -2.42. The van der Waals surface area contributed by atoms with Crippen LogP contribution in [0.25, 0.3) is 0 Å². The molecule has 0 N–H and O–H groups in total. The zero-order chi connectivity index (χ0) is 24.3. The van der Waals surface area contributed by atoms with Crippen molar-refractivity contribution in [2.45, 2.75) is 31.2 Å². The summed E-state index contributed by atoms with van der Waals surface area (Å²) in [5.74, 6) is 1.95. The van der Waals surface area contributed by atoms with Crippen molar-refractivity contribution in [2.75, 3.05) is 31.4 Å². The first-order valence-electron chi connectivity index (χ1n) is 12.5. The average molecular weight is 483 g/mol. The fraction of sp³-hybridized carbons (Fsp3) is 0.310. The predicted molar refractivity (Wildman–Crippen MR) is 133 cm³/mol. The molecule has 1 saturated heterocycles. The molecule has 7 heteroatoms. The summed E-state index contributed by atoms with van der Waals surface area (Å²) in [6, 6.07) is 19.3. The number of nitrogens with zero attached hydrogens (tertiary/aromatic N) is 2. The maximum atomic E-state index is 14.2. The summed E-state index contributed by atoms with van der Waals surface area (Å²) in [6.45, 7) is 2.38. The minimum atomic E-state index is -0.936. The number of amides is 2. The Morgan fingerprint density at radius 2 is 1.64 bits per heavy atom. The summed E-state index contributed by atoms with van der Waals surface area (Å²) >= 11 is 0. The van der Waals surface area contributed by atoms with E-state index in [-0.39, 0.29) is 25.2 Å². The van der Waals surface area contributed by atoms with E-state index in [1.54, 1.807) is 0 Å². The number of para-hydroxylation sites is 1. The molecule has 0 aromatic heterocycles. The Morgan fingerprint density at radius 1 is 0.833 bits per heavy atom. The number of carbonyl (C=O) groups excluding carboxylic acids is 2. The molecule has 36 heavy (non-hydrogen) atoms. The van der Waals surface area contributed by atoms with E-state index in [0.29, 0.717) is 29.4 Å². The lowest BCUT2D eigenvalue weighted by Gasteiger charge is -2.27. The van der Waals surface area contributed by atoms with Gasteiger partial charge in [0, 0.05) is 36.0 Å². The molecule has 0 saturated carbocycles. The molecule has 4 aliphatic heterocycles. The zero-order valence-electron chi connectivity index (χ0n) is 19.9. The quantitative estimate of drug-likeness (QED) is 0.558. The molecule has 7 nitrogen and oxygen atoms in total. The molecule has 1 fully saturated rings. The number of benzene rings is 3. The number of carbonyl (C=O) groups is 2. The third-order valence-electron chi connectivity index (χ3n) is 7.80. The highest BCUT2D eigenvalue weighted by atomic mass is 16.7. The van der Waals surface area contributed by atoms with Crippen LogP contribution < -0.4 is 19.1 Å². The van der Waals surface area contributed by atoms with E-state index in [2.05, 4.69) is 0 Å². The molecule has 3 aromatic rings. The minimum absolute atomic E-state index is 0.0333. The summed E-state index contributed by atoms with van der Waals surface area (Å²) in [5, 5.41) is 0. The molecule has 182 valence electrons. The van der Waals surface area contributed by atoms with Crippen molar-refractivity contribution in [1.29, 1.82) is 0 Å². The second kappa shape index (κ2) is 8.01. The Morgan fingerprint density at radius 3 is 2.50 bits per heavy atom. The van der Waals surface area contributed by atoms with Crippen molar-refractivity contribution in [1.82, 2.24) is 4.90 Å². The van der Waals surface area contributed by atoms with Gasteiger partial charge in [0.05, 0.1) is 6.54 Å². The van der Waals surface area contributed by atoms with Gasteiger partial charge in [-0.1, -0.05) is 30.3 Å². The molecular weight excluding hydrogens is 456 g/mol. The van der Waals surface area contributed by atoms with Gasteiger partial charge in [0.15, 0.2) is 11.5 Å². The van der Waals surface area contributed by atoms with E-state index in [0.717, 1.165) is 48.3 Å². The number of fused-ring (bicyclic) bond motifs is 5. The average Bonchev–Trinajstić information content (AvgIpc) is 3.60. The van der Waals surface area contributed by atoms with Gasteiger partial charge >= 0.3 is 0 Å². The molecule has 3 aromatic carbocycles. The van der Waals surface area contributed by atoms with Crippen LogP contribution in [-0.4, -0.2) is 43.2 Å². The molecule has 1 spiro atoms. The summed E-state index contributed by atoms with van der Waals surface area (Å²) in [7, 11) is 0. The Labute approximate surface area is 209 Å². The molecule has 0 bridgehead atoms. The Kier molecular flexibility index (Phi) is 4.74. The fourth-order valence-electron chi connectivity index (χ4n) is 5.99. The van der Waals surface area contributed by atoms with Crippen LogP contribution in [0, 0.1) is 0 Å². The van der Waals surface area contributed by atoms with Gasteiger partial charge in [-0.15, -0.1) is 0 Å². The summed E-state index contributed by atoms with van der Waals surface area (Å²) in [5.41, 5.74) is 3.25. The Balaban J connectivity index is 1.24. The third-order valence-corrected chi connectivity index (χ3v) is 7.80. The van der Waals surface area contributed by atoms with E-state index in [1.807, 2.05) is 70.5 Å². The highest BCUT2D eigenvalue weighted by Gasteiger charge is 2.57. The first-order valence-corrected chi connectivity index (χ1v) is 12.5. The van der Waals surface area contributed by atoms with E-state index in [4.69, 9.17) is 14.2 Å². The van der Waals surface area contributed by atoms with Gasteiger partial charge in [-0.2, -0.15) is 0 Å². The van der Waals surface area contributed by atoms with Gasteiger partial charge in [-0.05, 0) is 54.7 Å². The van der Waals surface area contributed by atoms with Crippen LogP contribution in [0.15, 0.2) is 60.7 Å². The number of piperidine rings is 1. The van der Waals surface area contributed by atoms with Gasteiger partial charge in [0.25, 0.3) is 5.91 Å². The topological polar surface area (TPSA) is 68.3 Å². The number of hydrogen-bond donors (Lipinski definition) is 0. The van der Waals surface area contributed by atoms with Crippen LogP contribution in [0.2, 0.25) is 0 Å². The molecule has 4 aliphatic rings. The molecule has 0 aliphatic carbocycles. The molecule has 2 amide bonds. The smallest absolute Gasteiger partial charge is 0.253 e. The number of anilines is 1. The van der Waals surface area contributed by atoms with Crippen molar-refractivity contribution in [3.8, 4) is 17.2 Å². The molecule has 1 atom stereocenters. The van der Waals surface area contributed by atoms with Crippen molar-refractivity contribution in [3.05, 3.63) is 82.9 Å². The molecule has 1 unspecified atom stereocenters. The SMILES string of the molecule is O=C(c1cccc(CN2C(=O)C3(COc4cc5c(cc43)OCO5)c3ccccc32)c1)N1CCCCC1. The summed E-state index contributed by atoms with van der Waals surface area (Å²) in [4.78, 5) is 31.1. The van der Waals surface area contributed by atoms with Crippen LogP contribution in [0.4, 0.5) is 5.69 Å². The molecule has 0 radical (unpaired) electrons. The standard InChI is InChI=1S/C29H26N2O5/c32-27(30-11-4-1-5-12-30)20-8-6-7-19(13-20)16-31-23-10-3-2-9-21(23)29(28(31)33)17-34-24-15-26-25(14-22(24)29)35-18-36-26/h2-3,6-10,13-15H,1,4-5,11-12,16-18H2. The van der Waals surface area contributed by atoms with Gasteiger partial charge < -0.3 is 24.0 Å². The van der Waals surface area contributed by atoms with Crippen LogP contribution in [0.5, 0.6) is 17.2 Å². The predicted octanol–water partition coefficient (Wildman–Crippen LogP) is 4.27. The maximum absolute atomic E-state index is 14.2. The van der Waals surface area contributed by atoms with Gasteiger partial charge in [0.2, 0.25) is 12.7 Å². The zero-order valence-corrected chi connectivity index (χ0v) is 19.9. The first kappa shape index (κ1) is 21.3. The lowest BCUT2D eigenvalue weighted by atomic mass is 9.77. The summed E-state index contributed by atoms with van der Waals surface area (Å²) < 4.78 is 17.2. The van der Waals surface area contributed by atoms with Crippen molar-refractivity contribution >= 4 is 17.5 Å². The first-order chi connectivity index (χ1) is 17.6. The van der Waals surface area contributed by atoms with Crippen molar-refractivity contribution in [2.24, 2.45) is 0 Å². The Hall–Kier alpha value is -4.00. The number of hydrogen-bond acceptors (Lipinski definition) is 5. The molecule has 7 rings (SSSR count). The van der Waals surface area contributed by atoms with E-state index in [1.165, 1.54) is 6.42 Å². The van der Waals surface area contributed by atoms with Gasteiger partial charge in [-0.3, -0.25) is 9.59 Å². The lowest BCUT2D eigenvalue weighted by molar-refractivity contribution is -0.122. The normalized spacial score (nSPS) is 21.5. The van der Waals surface area contributed by atoms with E-state index < -0.39 is 5.41 Å². The number of ether oxygens (including phenoxy) is 3. The van der Waals surface area contributed by atoms with Crippen LogP contribution in [0.3, 0.4) is 0 Å². The third kappa shape index (κ3) is 3.05. The number of likely N-dealkylation sites (tertiary alicyclic amines) is 1. The molecular formula is C29H26N2O5. The largest absolute Gasteiger partial charge is 0.491 e. The minimum Gasteiger partial charge on any atom is -0.491 e. The van der Waals surface area contributed by atoms with Gasteiger partial charge in [-0.25, -0.2) is 0 Å². The van der Waals surface area contributed by atoms with Crippen molar-refractivity contribution in [3.63, 3.8) is 0 Å². The fourth-order valence-corrected chi connectivity index (χ4v) is 5.99. The van der Waals surface area contributed by atoms with E-state index >= 15 is 0 Å². The maximum Gasteiger partial charge on any atom is 0.253 e. The van der Waals surface area contributed by atoms with Crippen molar-refractivity contribution < 1.29 is 23.8 Å². The van der Waals surface area contributed by atoms with E-state index in [9.17, 15) is 9.59 Å². The second-order valence-corrected chi connectivity index (χ2v) is 9.86. The summed E-state index contributed by atoms with van der Waals surface area (Å²) in [6.07, 6.45) is 3.28. The second-order valence-electron chi connectivity index (χ2n) is 9.86. The highest BCUT2D eigenvalue weighted by Crippen LogP contribution is 2.55. The van der Waals surface area contributed by atoms with Crippen LogP contribution >= 0.6 is 0 Å².